The van der Waals surface area contributed by atoms with Crippen LogP contribution >= 0.6 is 20.6 Å². The van der Waals surface area contributed by atoms with Gasteiger partial charge < -0.3 is 21.2 Å². The summed E-state index contributed by atoms with van der Waals surface area (Å²) >= 11 is 1.30. The third-order valence-electron chi connectivity index (χ3n) is 5.74. The van der Waals surface area contributed by atoms with Gasteiger partial charge in [0, 0.05) is 19.5 Å². The van der Waals surface area contributed by atoms with E-state index < -0.39 is 5.91 Å². The lowest BCUT2D eigenvalue weighted by Crippen LogP contribution is -2.30. The molecule has 210 valence electrons. The summed E-state index contributed by atoms with van der Waals surface area (Å²) in [6.07, 6.45) is 10.7. The van der Waals surface area contributed by atoms with Crippen LogP contribution in [0.1, 0.15) is 46.1 Å². The predicted molar refractivity (Wildman–Crippen MR) is 171 cm³/mol. The van der Waals surface area contributed by atoms with E-state index in [2.05, 4.69) is 57.2 Å². The van der Waals surface area contributed by atoms with Crippen molar-refractivity contribution in [3.8, 4) is 0 Å². The average molecular weight is 576 g/mol. The molecule has 0 radical (unpaired) electrons. The van der Waals surface area contributed by atoms with Crippen molar-refractivity contribution < 1.29 is 14.4 Å². The van der Waals surface area contributed by atoms with Gasteiger partial charge in [-0.2, -0.15) is 0 Å². The van der Waals surface area contributed by atoms with Gasteiger partial charge in [0.15, 0.2) is 0 Å². The van der Waals surface area contributed by atoms with Gasteiger partial charge in [0.25, 0.3) is 11.8 Å². The molecule has 0 fully saturated rings. The van der Waals surface area contributed by atoms with Gasteiger partial charge >= 0.3 is 0 Å². The van der Waals surface area contributed by atoms with Crippen LogP contribution in [-0.4, -0.2) is 31.3 Å². The highest BCUT2D eigenvalue weighted by Gasteiger charge is 2.13. The monoisotopic (exact) mass is 575 g/mol. The first-order chi connectivity index (χ1) is 19.5. The highest BCUT2D eigenvalue weighted by atomic mass is 32.1. The number of aldehydes is 1. The van der Waals surface area contributed by atoms with Crippen molar-refractivity contribution >= 4 is 50.3 Å². The minimum atomic E-state index is -0.675. The number of carbonyl (C=O) groups is 3. The van der Waals surface area contributed by atoms with Crippen LogP contribution < -0.4 is 16.4 Å². The molecule has 3 aromatic rings. The molecule has 4 N–H and O–H groups in total. The summed E-state index contributed by atoms with van der Waals surface area (Å²) in [6.45, 7) is 5.71. The quantitative estimate of drug-likeness (QED) is 0.122. The van der Waals surface area contributed by atoms with Crippen LogP contribution in [0.2, 0.25) is 0 Å². The fourth-order valence-corrected chi connectivity index (χ4v) is 4.25. The molecule has 1 aliphatic carbocycles. The Morgan fingerprint density at radius 1 is 1.05 bits per heavy atom. The first-order valence-corrected chi connectivity index (χ1v) is 15.1. The summed E-state index contributed by atoms with van der Waals surface area (Å²) < 4.78 is 0. The normalized spacial score (nSPS) is 14.0. The van der Waals surface area contributed by atoms with E-state index in [0.29, 0.717) is 17.2 Å². The first kappa shape index (κ1) is 32.6. The summed E-state index contributed by atoms with van der Waals surface area (Å²) in [5.74, 6) is -0.440. The van der Waals surface area contributed by atoms with E-state index >= 15 is 0 Å². The molecular weight excluding hydrogens is 537 g/mol. The lowest BCUT2D eigenvalue weighted by Gasteiger charge is -2.12. The average Bonchev–Trinajstić information content (AvgIpc) is 3.53. The number of rotatable bonds is 10. The first-order valence-electron chi connectivity index (χ1n) is 13.1. The topological polar surface area (TPSA) is 101 Å². The molecule has 1 aromatic heterocycles. The van der Waals surface area contributed by atoms with Crippen molar-refractivity contribution in [2.45, 2.75) is 26.3 Å². The molecule has 1 heterocycles. The fraction of sp³-hybridized carbons (Fsp3) is 0.219. The molecule has 2 unspecified atom stereocenters. The number of carbonyl (C=O) groups excluding carboxylic acids is 3. The molecule has 2 amide bonds. The molecule has 0 aliphatic heterocycles. The summed E-state index contributed by atoms with van der Waals surface area (Å²) in [4.78, 5) is 34.3. The number of thiophene rings is 1. The van der Waals surface area contributed by atoms with Gasteiger partial charge in [-0.15, -0.1) is 20.6 Å². The van der Waals surface area contributed by atoms with Crippen LogP contribution in [0.5, 0.6) is 0 Å². The minimum Gasteiger partial charge on any atom is -0.364 e. The number of benzene rings is 2. The van der Waals surface area contributed by atoms with E-state index in [-0.39, 0.29) is 11.6 Å². The SMILES string of the molecule is CC1C=CC(c2ccc(/C=C(/NC(=O)c3cccs3)C(N)=O)cc2)=CC1.CP.O=CCCNCc1ccccc1. The Labute approximate surface area is 243 Å². The Bertz CT molecular complexity index is 1280. The van der Waals surface area contributed by atoms with Gasteiger partial charge in [-0.3, -0.25) is 9.59 Å². The largest absolute Gasteiger partial charge is 0.364 e. The van der Waals surface area contributed by atoms with E-state index in [4.69, 9.17) is 5.73 Å². The maximum atomic E-state index is 12.1. The number of nitrogens with one attached hydrogen (secondary N) is 2. The molecule has 8 heteroatoms. The fourth-order valence-electron chi connectivity index (χ4n) is 3.63. The molecule has 4 rings (SSSR count). The standard InChI is InChI=1S/C21H20N2O2S.C10H13NO.CH5P/c1-14-4-8-16(9-5-14)17-10-6-15(7-11-17)13-18(20(22)24)23-21(25)19-3-2-12-26-19;12-8-4-7-11-9-10-5-2-1-3-6-10;1-2/h2-4,6-14H,5H2,1H3,(H2,22,24)(H,23,25);1-3,5-6,8,11H,4,7,9H2;2H2,1H3/b18-13+;;. The number of primary amides is 1. The van der Waals surface area contributed by atoms with Gasteiger partial charge in [0.2, 0.25) is 0 Å². The van der Waals surface area contributed by atoms with Gasteiger partial charge in [-0.05, 0) is 52.1 Å². The second-order valence-electron chi connectivity index (χ2n) is 8.82. The van der Waals surface area contributed by atoms with E-state index in [1.165, 1.54) is 22.5 Å². The molecule has 1 aliphatic rings. The van der Waals surface area contributed by atoms with Crippen LogP contribution in [0.25, 0.3) is 11.6 Å². The second-order valence-corrected chi connectivity index (χ2v) is 9.77. The van der Waals surface area contributed by atoms with Crippen molar-refractivity contribution in [3.05, 3.63) is 118 Å². The molecule has 0 spiro atoms. The van der Waals surface area contributed by atoms with Crippen LogP contribution in [0.3, 0.4) is 0 Å². The van der Waals surface area contributed by atoms with Crippen molar-refractivity contribution in [2.24, 2.45) is 11.7 Å². The maximum Gasteiger partial charge on any atom is 0.265 e. The van der Waals surface area contributed by atoms with E-state index in [1.807, 2.05) is 49.1 Å². The highest BCUT2D eigenvalue weighted by molar-refractivity contribution is 7.15. The van der Waals surface area contributed by atoms with E-state index in [9.17, 15) is 14.4 Å². The van der Waals surface area contributed by atoms with Crippen LogP contribution in [0.15, 0.2) is 96.0 Å². The second kappa shape index (κ2) is 18.6. The van der Waals surface area contributed by atoms with E-state index in [1.54, 1.807) is 23.6 Å². The third-order valence-corrected chi connectivity index (χ3v) is 6.61. The van der Waals surface area contributed by atoms with Crippen molar-refractivity contribution in [2.75, 3.05) is 13.2 Å². The highest BCUT2D eigenvalue weighted by Crippen LogP contribution is 2.24. The zero-order chi connectivity index (χ0) is 29.2. The van der Waals surface area contributed by atoms with Crippen molar-refractivity contribution in [3.63, 3.8) is 0 Å². The number of allylic oxidation sites excluding steroid dienone is 4. The molecule has 0 saturated carbocycles. The van der Waals surface area contributed by atoms with E-state index in [0.717, 1.165) is 36.9 Å². The summed E-state index contributed by atoms with van der Waals surface area (Å²) in [5.41, 5.74) is 9.84. The number of amides is 2. The molecular formula is C32H38N3O3PS. The zero-order valence-electron chi connectivity index (χ0n) is 23.0. The number of hydrogen-bond acceptors (Lipinski definition) is 5. The third kappa shape index (κ3) is 11.6. The van der Waals surface area contributed by atoms with Gasteiger partial charge in [-0.1, -0.05) is 92.5 Å². The van der Waals surface area contributed by atoms with Crippen LogP contribution in [0.4, 0.5) is 0 Å². The summed E-state index contributed by atoms with van der Waals surface area (Å²) in [6, 6.07) is 21.4. The Morgan fingerprint density at radius 3 is 2.35 bits per heavy atom. The summed E-state index contributed by atoms with van der Waals surface area (Å²) in [5, 5.41) is 7.56. The number of nitrogens with two attached hydrogens (primary N) is 1. The maximum absolute atomic E-state index is 12.1. The van der Waals surface area contributed by atoms with Crippen LogP contribution in [0, 0.1) is 5.92 Å². The molecule has 0 saturated heterocycles. The molecule has 2 atom stereocenters. The van der Waals surface area contributed by atoms with Crippen molar-refractivity contribution in [1.82, 2.24) is 10.6 Å². The molecule has 6 nitrogen and oxygen atoms in total. The van der Waals surface area contributed by atoms with Gasteiger partial charge in [-0.25, -0.2) is 0 Å². The lowest BCUT2D eigenvalue weighted by atomic mass is 9.94. The smallest absolute Gasteiger partial charge is 0.265 e. The number of hydrogen-bond donors (Lipinski definition) is 3. The summed E-state index contributed by atoms with van der Waals surface area (Å²) in [7, 11) is 2.42. The van der Waals surface area contributed by atoms with Gasteiger partial charge in [0.1, 0.15) is 12.0 Å². The van der Waals surface area contributed by atoms with Crippen molar-refractivity contribution in [1.29, 1.82) is 0 Å². The Balaban J connectivity index is 0.000000336. The molecule has 0 bridgehead atoms. The minimum absolute atomic E-state index is 0.0711. The molecule has 2 aromatic carbocycles. The molecule has 40 heavy (non-hydrogen) atoms. The zero-order valence-corrected chi connectivity index (χ0v) is 25.0. The predicted octanol–water partition coefficient (Wildman–Crippen LogP) is 5.84. The lowest BCUT2D eigenvalue weighted by molar-refractivity contribution is -0.114. The Hall–Kier alpha value is -3.64. The Kier molecular flexibility index (Phi) is 15.2. The van der Waals surface area contributed by atoms with Gasteiger partial charge in [0.05, 0.1) is 4.88 Å². The Morgan fingerprint density at radius 2 is 1.77 bits per heavy atom. The van der Waals surface area contributed by atoms with Crippen LogP contribution in [-0.2, 0) is 16.1 Å².